The minimum atomic E-state index is -0.407. The molecule has 22 heavy (non-hydrogen) atoms. The second kappa shape index (κ2) is 8.38. The number of hydrazine groups is 1. The maximum Gasteiger partial charge on any atom is 0.333 e. The highest BCUT2D eigenvalue weighted by molar-refractivity contribution is 5.79. The fourth-order valence-electron chi connectivity index (χ4n) is 2.59. The Morgan fingerprint density at radius 2 is 1.86 bits per heavy atom. The van der Waals surface area contributed by atoms with Crippen molar-refractivity contribution in [1.82, 2.24) is 16.2 Å². The van der Waals surface area contributed by atoms with E-state index in [9.17, 15) is 9.59 Å². The van der Waals surface area contributed by atoms with Crippen molar-refractivity contribution in [2.75, 3.05) is 0 Å². The van der Waals surface area contributed by atoms with E-state index in [-0.39, 0.29) is 18.1 Å². The Kier molecular flexibility index (Phi) is 6.21. The van der Waals surface area contributed by atoms with Crippen molar-refractivity contribution < 1.29 is 14.3 Å². The number of carbonyl (C=O) groups excluding carboxylic acids is 2. The Morgan fingerprint density at radius 1 is 1.14 bits per heavy atom. The van der Waals surface area contributed by atoms with Gasteiger partial charge < -0.3 is 10.1 Å². The van der Waals surface area contributed by atoms with Crippen molar-refractivity contribution in [1.29, 1.82) is 0 Å². The summed E-state index contributed by atoms with van der Waals surface area (Å²) in [5, 5.41) is 2.87. The fourth-order valence-corrected chi connectivity index (χ4v) is 2.59. The van der Waals surface area contributed by atoms with Gasteiger partial charge in [-0.15, -0.1) is 0 Å². The van der Waals surface area contributed by atoms with Gasteiger partial charge in [0.25, 0.3) is 0 Å². The van der Waals surface area contributed by atoms with Crippen LogP contribution in [0.5, 0.6) is 0 Å². The Morgan fingerprint density at radius 3 is 2.59 bits per heavy atom. The van der Waals surface area contributed by atoms with E-state index in [1.165, 1.54) is 6.92 Å². The monoisotopic (exact) mass is 305 g/mol. The van der Waals surface area contributed by atoms with Crippen LogP contribution in [0.1, 0.15) is 38.2 Å². The molecular weight excluding hydrogens is 282 g/mol. The van der Waals surface area contributed by atoms with Crippen molar-refractivity contribution >= 4 is 11.9 Å². The van der Waals surface area contributed by atoms with Gasteiger partial charge in [0, 0.05) is 6.92 Å². The number of urea groups is 1. The predicted octanol–water partition coefficient (Wildman–Crippen LogP) is 1.86. The molecule has 1 fully saturated rings. The highest BCUT2D eigenvalue weighted by Crippen LogP contribution is 2.22. The normalized spacial score (nSPS) is 21.0. The van der Waals surface area contributed by atoms with E-state index in [0.29, 0.717) is 6.61 Å². The Bertz CT molecular complexity index is 493. The Balaban J connectivity index is 1.82. The summed E-state index contributed by atoms with van der Waals surface area (Å²) >= 11 is 0. The van der Waals surface area contributed by atoms with Crippen LogP contribution in [0, 0.1) is 0 Å². The molecule has 3 amide bonds. The molecule has 6 nitrogen and oxygen atoms in total. The van der Waals surface area contributed by atoms with Gasteiger partial charge in [0.2, 0.25) is 5.91 Å². The van der Waals surface area contributed by atoms with Crippen LogP contribution in [-0.4, -0.2) is 24.1 Å². The number of benzene rings is 1. The summed E-state index contributed by atoms with van der Waals surface area (Å²) < 4.78 is 5.98. The number of rotatable bonds is 4. The molecule has 1 aliphatic rings. The van der Waals surface area contributed by atoms with Gasteiger partial charge in [-0.25, -0.2) is 10.2 Å². The lowest BCUT2D eigenvalue weighted by Crippen LogP contribution is -2.53. The molecule has 3 N–H and O–H groups in total. The van der Waals surface area contributed by atoms with Crippen LogP contribution in [0.2, 0.25) is 0 Å². The average Bonchev–Trinajstić information content (AvgIpc) is 2.53. The highest BCUT2D eigenvalue weighted by Gasteiger charge is 2.27. The van der Waals surface area contributed by atoms with Crippen LogP contribution in [0.3, 0.4) is 0 Å². The largest absolute Gasteiger partial charge is 0.371 e. The SMILES string of the molecule is CC(=O)NNC(=O)N[C@H]1CCCC[C@@H]1OCc1ccccc1. The molecule has 0 heterocycles. The molecule has 1 saturated carbocycles. The lowest BCUT2D eigenvalue weighted by atomic mass is 9.92. The third-order valence-corrected chi connectivity index (χ3v) is 3.68. The molecule has 1 aromatic carbocycles. The van der Waals surface area contributed by atoms with E-state index in [0.717, 1.165) is 31.2 Å². The van der Waals surface area contributed by atoms with Gasteiger partial charge in [0.1, 0.15) is 0 Å². The van der Waals surface area contributed by atoms with Gasteiger partial charge >= 0.3 is 6.03 Å². The topological polar surface area (TPSA) is 79.5 Å². The second-order valence-corrected chi connectivity index (χ2v) is 5.51. The predicted molar refractivity (Wildman–Crippen MR) is 82.8 cm³/mol. The lowest BCUT2D eigenvalue weighted by Gasteiger charge is -2.32. The van der Waals surface area contributed by atoms with Crippen molar-refractivity contribution in [2.45, 2.75) is 51.4 Å². The van der Waals surface area contributed by atoms with Gasteiger partial charge in [-0.1, -0.05) is 43.2 Å². The molecule has 0 spiro atoms. The average molecular weight is 305 g/mol. The number of ether oxygens (including phenoxy) is 1. The molecule has 0 aliphatic heterocycles. The summed E-state index contributed by atoms with van der Waals surface area (Å²) in [6.07, 6.45) is 3.98. The first-order chi connectivity index (χ1) is 10.6. The number of nitrogens with one attached hydrogen (secondary N) is 3. The quantitative estimate of drug-likeness (QED) is 0.743. The molecule has 2 rings (SSSR count). The Hall–Kier alpha value is -2.08. The summed E-state index contributed by atoms with van der Waals surface area (Å²) in [6, 6.07) is 9.54. The lowest BCUT2D eigenvalue weighted by molar-refractivity contribution is -0.119. The molecule has 120 valence electrons. The van der Waals surface area contributed by atoms with Gasteiger partial charge in [-0.05, 0) is 18.4 Å². The minimum absolute atomic E-state index is 0.00275. The summed E-state index contributed by atoms with van der Waals surface area (Å²) in [6.45, 7) is 1.88. The maximum absolute atomic E-state index is 11.7. The summed E-state index contributed by atoms with van der Waals surface area (Å²) in [5.41, 5.74) is 5.70. The molecule has 0 aromatic heterocycles. The standard InChI is InChI=1S/C16H23N3O3/c1-12(20)18-19-16(21)17-14-9-5-6-10-15(14)22-11-13-7-3-2-4-8-13/h2-4,7-8,14-15H,5-6,9-11H2,1H3,(H,18,20)(H2,17,19,21)/t14-,15-/m0/s1. The van der Waals surface area contributed by atoms with Crippen LogP contribution in [0.15, 0.2) is 30.3 Å². The van der Waals surface area contributed by atoms with Crippen molar-refractivity contribution in [3.8, 4) is 0 Å². The number of carbonyl (C=O) groups is 2. The van der Waals surface area contributed by atoms with Crippen molar-refractivity contribution in [3.63, 3.8) is 0 Å². The number of amides is 3. The first kappa shape index (κ1) is 16.3. The van der Waals surface area contributed by atoms with Crippen LogP contribution < -0.4 is 16.2 Å². The highest BCUT2D eigenvalue weighted by atomic mass is 16.5. The van der Waals surface area contributed by atoms with Crippen LogP contribution >= 0.6 is 0 Å². The van der Waals surface area contributed by atoms with E-state index in [4.69, 9.17) is 4.74 Å². The van der Waals surface area contributed by atoms with Gasteiger partial charge in [-0.3, -0.25) is 10.2 Å². The number of hydrogen-bond donors (Lipinski definition) is 3. The summed E-state index contributed by atoms with van der Waals surface area (Å²) in [7, 11) is 0. The fraction of sp³-hybridized carbons (Fsp3) is 0.500. The molecule has 6 heteroatoms. The zero-order valence-corrected chi connectivity index (χ0v) is 12.8. The second-order valence-electron chi connectivity index (χ2n) is 5.51. The van der Waals surface area contributed by atoms with E-state index in [2.05, 4.69) is 16.2 Å². The molecular formula is C16H23N3O3. The van der Waals surface area contributed by atoms with Crippen molar-refractivity contribution in [3.05, 3.63) is 35.9 Å². The zero-order chi connectivity index (χ0) is 15.8. The first-order valence-electron chi connectivity index (χ1n) is 7.64. The zero-order valence-electron chi connectivity index (χ0n) is 12.8. The molecule has 2 atom stereocenters. The van der Waals surface area contributed by atoms with E-state index in [1.54, 1.807) is 0 Å². The first-order valence-corrected chi connectivity index (χ1v) is 7.64. The third-order valence-electron chi connectivity index (χ3n) is 3.68. The van der Waals surface area contributed by atoms with Crippen molar-refractivity contribution in [2.24, 2.45) is 0 Å². The smallest absolute Gasteiger partial charge is 0.333 e. The number of hydrogen-bond acceptors (Lipinski definition) is 3. The molecule has 1 aliphatic carbocycles. The molecule has 0 bridgehead atoms. The van der Waals surface area contributed by atoms with E-state index in [1.807, 2.05) is 30.3 Å². The van der Waals surface area contributed by atoms with Crippen LogP contribution in [0.4, 0.5) is 4.79 Å². The Labute approximate surface area is 130 Å². The molecule has 0 saturated heterocycles. The third kappa shape index (κ3) is 5.37. The van der Waals surface area contributed by atoms with Gasteiger partial charge in [-0.2, -0.15) is 0 Å². The molecule has 1 aromatic rings. The minimum Gasteiger partial charge on any atom is -0.371 e. The summed E-state index contributed by atoms with van der Waals surface area (Å²) in [5.74, 6) is -0.310. The van der Waals surface area contributed by atoms with Gasteiger partial charge in [0.05, 0.1) is 18.8 Å². The molecule has 0 radical (unpaired) electrons. The summed E-state index contributed by atoms with van der Waals surface area (Å²) in [4.78, 5) is 22.5. The van der Waals surface area contributed by atoms with Gasteiger partial charge in [0.15, 0.2) is 0 Å². The van der Waals surface area contributed by atoms with E-state index >= 15 is 0 Å². The van der Waals surface area contributed by atoms with Crippen LogP contribution in [-0.2, 0) is 16.1 Å². The van der Waals surface area contributed by atoms with E-state index < -0.39 is 6.03 Å². The molecule has 0 unspecified atom stereocenters. The maximum atomic E-state index is 11.7. The van der Waals surface area contributed by atoms with Crippen LogP contribution in [0.25, 0.3) is 0 Å².